The lowest BCUT2D eigenvalue weighted by molar-refractivity contribution is 0.111. The molecule has 1 aliphatic rings. The highest BCUT2D eigenvalue weighted by atomic mass is 79.9. The zero-order valence-electron chi connectivity index (χ0n) is 9.03. The molecule has 0 radical (unpaired) electrons. The van der Waals surface area contributed by atoms with Crippen LogP contribution in [-0.4, -0.2) is 20.0 Å². The van der Waals surface area contributed by atoms with Crippen molar-refractivity contribution in [1.82, 2.24) is 0 Å². The van der Waals surface area contributed by atoms with Crippen LogP contribution >= 0.6 is 15.9 Å². The summed E-state index contributed by atoms with van der Waals surface area (Å²) >= 11 is 3.33. The highest BCUT2D eigenvalue weighted by Crippen LogP contribution is 2.36. The van der Waals surface area contributed by atoms with Crippen LogP contribution in [-0.2, 0) is 0 Å². The van der Waals surface area contributed by atoms with Crippen molar-refractivity contribution in [2.75, 3.05) is 13.7 Å². The molecule has 1 fully saturated rings. The van der Waals surface area contributed by atoms with Gasteiger partial charge < -0.3 is 9.47 Å². The predicted molar refractivity (Wildman–Crippen MR) is 64.3 cm³/mol. The van der Waals surface area contributed by atoms with E-state index in [0.29, 0.717) is 29.6 Å². The van der Waals surface area contributed by atoms with Crippen LogP contribution in [0.2, 0.25) is 0 Å². The normalized spacial score (nSPS) is 14.6. The molecule has 0 bridgehead atoms. The minimum atomic E-state index is 0.520. The second-order valence-electron chi connectivity index (χ2n) is 3.90. The molecular formula is C12H13BrO3. The maximum absolute atomic E-state index is 11.0. The monoisotopic (exact) mass is 284 g/mol. The Balaban J connectivity index is 2.26. The summed E-state index contributed by atoms with van der Waals surface area (Å²) in [4.78, 5) is 11.0. The summed E-state index contributed by atoms with van der Waals surface area (Å²) in [6, 6.07) is 3.53. The Morgan fingerprint density at radius 3 is 2.81 bits per heavy atom. The minimum Gasteiger partial charge on any atom is -0.493 e. The molecule has 0 heterocycles. The van der Waals surface area contributed by atoms with Crippen LogP contribution < -0.4 is 9.47 Å². The van der Waals surface area contributed by atoms with Crippen molar-refractivity contribution < 1.29 is 14.3 Å². The summed E-state index contributed by atoms with van der Waals surface area (Å²) in [6.45, 7) is 0.666. The quantitative estimate of drug-likeness (QED) is 0.780. The fraction of sp³-hybridized carbons (Fsp3) is 0.417. The Kier molecular flexibility index (Phi) is 3.49. The van der Waals surface area contributed by atoms with E-state index in [1.807, 2.05) is 0 Å². The molecule has 0 aliphatic heterocycles. The van der Waals surface area contributed by atoms with Crippen LogP contribution in [0.3, 0.4) is 0 Å². The third-order valence-corrected chi connectivity index (χ3v) is 3.01. The first-order valence-corrected chi connectivity index (χ1v) is 5.99. The number of benzene rings is 1. The highest BCUT2D eigenvalue weighted by Gasteiger charge is 2.23. The highest BCUT2D eigenvalue weighted by molar-refractivity contribution is 9.10. The van der Waals surface area contributed by atoms with E-state index < -0.39 is 0 Å². The van der Waals surface area contributed by atoms with E-state index in [9.17, 15) is 4.79 Å². The smallest absolute Gasteiger partial charge is 0.171 e. The summed E-state index contributed by atoms with van der Waals surface area (Å²) in [7, 11) is 1.57. The van der Waals surface area contributed by atoms with Gasteiger partial charge in [0.1, 0.15) is 0 Å². The van der Waals surface area contributed by atoms with Gasteiger partial charge in [0, 0.05) is 4.47 Å². The van der Waals surface area contributed by atoms with Crippen LogP contribution in [0.5, 0.6) is 11.5 Å². The first kappa shape index (κ1) is 11.5. The molecule has 0 N–H and O–H groups in total. The molecule has 1 aromatic carbocycles. The second-order valence-corrected chi connectivity index (χ2v) is 4.81. The van der Waals surface area contributed by atoms with Gasteiger partial charge in [0.25, 0.3) is 0 Å². The number of carbonyl (C=O) groups excluding carboxylic acids is 1. The maximum Gasteiger partial charge on any atom is 0.171 e. The van der Waals surface area contributed by atoms with Gasteiger partial charge in [-0.3, -0.25) is 4.79 Å². The lowest BCUT2D eigenvalue weighted by atomic mass is 10.2. The van der Waals surface area contributed by atoms with E-state index in [4.69, 9.17) is 9.47 Å². The molecule has 1 aliphatic carbocycles. The Labute approximate surface area is 103 Å². The number of halogens is 1. The van der Waals surface area contributed by atoms with Gasteiger partial charge in [-0.2, -0.15) is 0 Å². The average Bonchev–Trinajstić information content (AvgIpc) is 3.10. The molecule has 0 atom stereocenters. The topological polar surface area (TPSA) is 35.5 Å². The van der Waals surface area contributed by atoms with Crippen molar-refractivity contribution >= 4 is 22.2 Å². The van der Waals surface area contributed by atoms with Gasteiger partial charge in [-0.25, -0.2) is 0 Å². The van der Waals surface area contributed by atoms with Crippen LogP contribution in [0.15, 0.2) is 16.6 Å². The van der Waals surface area contributed by atoms with Gasteiger partial charge in [-0.15, -0.1) is 0 Å². The predicted octanol–water partition coefficient (Wildman–Crippen LogP) is 3.06. The van der Waals surface area contributed by atoms with E-state index in [1.165, 1.54) is 12.8 Å². The third-order valence-electron chi connectivity index (χ3n) is 2.56. The standard InChI is InChI=1S/C12H13BrO3/c1-15-11-5-10(13)4-9(6-14)12(11)16-7-8-2-3-8/h4-6,8H,2-3,7H2,1H3. The molecule has 0 amide bonds. The fourth-order valence-electron chi connectivity index (χ4n) is 1.47. The van der Waals surface area contributed by atoms with E-state index in [0.717, 1.165) is 10.8 Å². The number of aldehydes is 1. The molecule has 4 heteroatoms. The van der Waals surface area contributed by atoms with Gasteiger partial charge in [-0.05, 0) is 30.9 Å². The summed E-state index contributed by atoms with van der Waals surface area (Å²) in [5.74, 6) is 1.79. The summed E-state index contributed by atoms with van der Waals surface area (Å²) < 4.78 is 11.7. The van der Waals surface area contributed by atoms with Crippen LogP contribution in [0.4, 0.5) is 0 Å². The Bertz CT molecular complexity index is 399. The summed E-state index contributed by atoms with van der Waals surface area (Å²) in [5.41, 5.74) is 0.520. The maximum atomic E-state index is 11.0. The molecule has 0 saturated heterocycles. The molecule has 0 unspecified atom stereocenters. The van der Waals surface area contributed by atoms with E-state index in [2.05, 4.69) is 15.9 Å². The third kappa shape index (κ3) is 2.55. The average molecular weight is 285 g/mol. The van der Waals surface area contributed by atoms with Gasteiger partial charge in [0.05, 0.1) is 19.3 Å². The van der Waals surface area contributed by atoms with Crippen LogP contribution in [0.25, 0.3) is 0 Å². The van der Waals surface area contributed by atoms with E-state index in [1.54, 1.807) is 19.2 Å². The molecule has 16 heavy (non-hydrogen) atoms. The summed E-state index contributed by atoms with van der Waals surface area (Å²) in [5, 5.41) is 0. The van der Waals surface area contributed by atoms with Gasteiger partial charge in [0.2, 0.25) is 0 Å². The molecule has 1 saturated carbocycles. The molecule has 86 valence electrons. The lowest BCUT2D eigenvalue weighted by Gasteiger charge is -2.12. The van der Waals surface area contributed by atoms with Crippen molar-refractivity contribution in [2.24, 2.45) is 5.92 Å². The number of carbonyl (C=O) groups is 1. The Morgan fingerprint density at radius 1 is 1.50 bits per heavy atom. The number of methoxy groups -OCH3 is 1. The number of hydrogen-bond donors (Lipinski definition) is 0. The fourth-order valence-corrected chi connectivity index (χ4v) is 1.92. The van der Waals surface area contributed by atoms with Gasteiger partial charge >= 0.3 is 0 Å². The number of rotatable bonds is 5. The van der Waals surface area contributed by atoms with E-state index in [-0.39, 0.29) is 0 Å². The zero-order valence-corrected chi connectivity index (χ0v) is 10.6. The lowest BCUT2D eigenvalue weighted by Crippen LogP contribution is -2.03. The van der Waals surface area contributed by atoms with Gasteiger partial charge in [0.15, 0.2) is 17.8 Å². The zero-order chi connectivity index (χ0) is 11.5. The second kappa shape index (κ2) is 4.87. The first-order valence-electron chi connectivity index (χ1n) is 5.20. The largest absolute Gasteiger partial charge is 0.493 e. The molecule has 3 nitrogen and oxygen atoms in total. The Morgan fingerprint density at radius 2 is 2.25 bits per heavy atom. The number of hydrogen-bond acceptors (Lipinski definition) is 3. The molecule has 0 spiro atoms. The van der Waals surface area contributed by atoms with E-state index >= 15 is 0 Å². The van der Waals surface area contributed by atoms with Crippen molar-refractivity contribution in [2.45, 2.75) is 12.8 Å². The number of ether oxygens (including phenoxy) is 2. The first-order chi connectivity index (χ1) is 7.74. The molecular weight excluding hydrogens is 272 g/mol. The van der Waals surface area contributed by atoms with Crippen LogP contribution in [0.1, 0.15) is 23.2 Å². The van der Waals surface area contributed by atoms with Crippen molar-refractivity contribution in [3.05, 3.63) is 22.2 Å². The van der Waals surface area contributed by atoms with Crippen molar-refractivity contribution in [1.29, 1.82) is 0 Å². The molecule has 2 rings (SSSR count). The molecule has 0 aromatic heterocycles. The summed E-state index contributed by atoms with van der Waals surface area (Å²) in [6.07, 6.45) is 3.22. The van der Waals surface area contributed by atoms with Crippen LogP contribution in [0, 0.1) is 5.92 Å². The SMILES string of the molecule is COc1cc(Br)cc(C=O)c1OCC1CC1. The van der Waals surface area contributed by atoms with Crippen molar-refractivity contribution in [3.8, 4) is 11.5 Å². The Hall–Kier alpha value is -1.03. The van der Waals surface area contributed by atoms with Crippen molar-refractivity contribution in [3.63, 3.8) is 0 Å². The molecule has 1 aromatic rings. The minimum absolute atomic E-state index is 0.520. The van der Waals surface area contributed by atoms with Gasteiger partial charge in [-0.1, -0.05) is 15.9 Å².